The Balaban J connectivity index is 2.87. The van der Waals surface area contributed by atoms with E-state index in [1.807, 2.05) is 13.8 Å². The number of thioether (sulfide) groups is 1. The average Bonchev–Trinajstić information content (AvgIpc) is 2.50. The summed E-state index contributed by atoms with van der Waals surface area (Å²) in [4.78, 5) is 36.8. The van der Waals surface area contributed by atoms with Crippen LogP contribution in [-0.4, -0.2) is 47.7 Å². The smallest absolute Gasteiger partial charge is 0.303 e. The first-order valence-electron chi connectivity index (χ1n) is 7.52. The van der Waals surface area contributed by atoms with Gasteiger partial charge >= 0.3 is 11.9 Å². The van der Waals surface area contributed by atoms with E-state index in [9.17, 15) is 14.4 Å². The summed E-state index contributed by atoms with van der Waals surface area (Å²) in [6.07, 6.45) is 0. The van der Waals surface area contributed by atoms with Gasteiger partial charge in [0.2, 0.25) is 5.91 Å². The molecule has 0 aromatic heterocycles. The van der Waals surface area contributed by atoms with Crippen molar-refractivity contribution >= 4 is 29.6 Å². The summed E-state index contributed by atoms with van der Waals surface area (Å²) in [6, 6.07) is -0.427. The monoisotopic (exact) mass is 358 g/mol. The summed E-state index contributed by atoms with van der Waals surface area (Å²) in [7, 11) is 0. The maximum Gasteiger partial charge on any atom is 0.303 e. The summed E-state index contributed by atoms with van der Waals surface area (Å²) in [5.41, 5.74) is 7.68. The first-order valence-corrected chi connectivity index (χ1v) is 8.46. The van der Waals surface area contributed by atoms with Crippen molar-refractivity contribution in [1.29, 1.82) is 0 Å². The molecular weight excluding hydrogens is 336 g/mol. The number of carbonyl (C=O) groups is 3. The highest BCUT2D eigenvalue weighted by Gasteiger charge is 2.43. The largest absolute Gasteiger partial charge is 0.465 e. The molecule has 1 heterocycles. The molecule has 0 saturated carbocycles. The Morgan fingerprint density at radius 1 is 1.21 bits per heavy atom. The maximum atomic E-state index is 11.9. The number of rotatable bonds is 6. The van der Waals surface area contributed by atoms with Crippen LogP contribution in [0.3, 0.4) is 0 Å². The fraction of sp³-hybridized carbons (Fsp3) is 0.786. The molecule has 0 radical (unpaired) electrons. The van der Waals surface area contributed by atoms with E-state index in [0.717, 1.165) is 0 Å². The van der Waals surface area contributed by atoms with Gasteiger partial charge in [-0.15, -0.1) is 11.8 Å². The van der Waals surface area contributed by atoms with E-state index in [1.165, 1.54) is 25.6 Å². The van der Waals surface area contributed by atoms with Crippen LogP contribution in [0.2, 0.25) is 0 Å². The molecule has 10 heteroatoms. The third kappa shape index (κ3) is 5.93. The number of ether oxygens (including phenoxy) is 2. The lowest BCUT2D eigenvalue weighted by molar-refractivity contribution is -0.146. The molecule has 1 N–H and O–H groups in total. The molecule has 0 aliphatic carbocycles. The Hall–Kier alpha value is -1.93. The number of azide groups is 1. The summed E-state index contributed by atoms with van der Waals surface area (Å²) in [5.74, 6) is -1.20. The highest BCUT2D eigenvalue weighted by molar-refractivity contribution is 8.00. The summed E-state index contributed by atoms with van der Waals surface area (Å²) in [6.45, 7) is 6.45. The molecule has 0 bridgehead atoms. The molecule has 1 aliphatic rings. The minimum Gasteiger partial charge on any atom is -0.465 e. The summed E-state index contributed by atoms with van der Waals surface area (Å²) < 4.78 is 10.4. The molecule has 0 spiro atoms. The van der Waals surface area contributed by atoms with Crippen molar-refractivity contribution in [2.75, 3.05) is 13.2 Å². The van der Waals surface area contributed by atoms with Gasteiger partial charge in [-0.05, 0) is 17.4 Å². The second kappa shape index (κ2) is 9.39. The van der Waals surface area contributed by atoms with Gasteiger partial charge in [0, 0.05) is 24.0 Å². The zero-order valence-electron chi connectivity index (χ0n) is 14.1. The molecule has 24 heavy (non-hydrogen) atoms. The van der Waals surface area contributed by atoms with E-state index < -0.39 is 23.4 Å². The van der Waals surface area contributed by atoms with E-state index in [2.05, 4.69) is 15.3 Å². The molecular formula is C14H22N4O5S. The van der Waals surface area contributed by atoms with Crippen LogP contribution in [0.5, 0.6) is 0 Å². The van der Waals surface area contributed by atoms with Crippen molar-refractivity contribution in [2.24, 2.45) is 17.0 Å². The van der Waals surface area contributed by atoms with E-state index in [4.69, 9.17) is 15.0 Å². The van der Waals surface area contributed by atoms with Crippen molar-refractivity contribution in [1.82, 2.24) is 5.32 Å². The van der Waals surface area contributed by atoms with Crippen LogP contribution in [0.1, 0.15) is 27.7 Å². The van der Waals surface area contributed by atoms with Gasteiger partial charge in [-0.25, -0.2) is 0 Å². The minimum atomic E-state index is -0.607. The van der Waals surface area contributed by atoms with Crippen molar-refractivity contribution < 1.29 is 23.9 Å². The first kappa shape index (κ1) is 20.1. The van der Waals surface area contributed by atoms with Crippen LogP contribution in [0.15, 0.2) is 5.11 Å². The highest BCUT2D eigenvalue weighted by atomic mass is 32.2. The van der Waals surface area contributed by atoms with E-state index >= 15 is 0 Å². The third-order valence-corrected chi connectivity index (χ3v) is 5.50. The molecule has 9 nitrogen and oxygen atoms in total. The van der Waals surface area contributed by atoms with Crippen LogP contribution in [0.25, 0.3) is 10.4 Å². The Bertz CT molecular complexity index is 537. The molecule has 0 aromatic rings. The van der Waals surface area contributed by atoms with Crippen molar-refractivity contribution in [3.05, 3.63) is 10.4 Å². The standard InChI is InChI=1S/C14H22N4O5S/c1-7-8(2)13(17-12(21)5-16-18-15)14(23-10(4)20)24-11(7)6-22-9(3)19/h7-8,11,13-14H,5-6H2,1-4H3,(H,17,21)/t7-,8-,11?,13?,14-/m0/s1. The Kier molecular flexibility index (Phi) is 7.87. The number of hydrogen-bond donors (Lipinski definition) is 1. The average molecular weight is 358 g/mol. The van der Waals surface area contributed by atoms with E-state index in [-0.39, 0.29) is 36.2 Å². The third-order valence-electron chi connectivity index (χ3n) is 3.92. The second-order valence-corrected chi connectivity index (χ2v) is 7.00. The molecule has 1 fully saturated rings. The second-order valence-electron chi connectivity index (χ2n) is 5.66. The molecule has 0 aromatic carbocycles. The number of esters is 2. The topological polar surface area (TPSA) is 130 Å². The molecule has 2 unspecified atom stereocenters. The van der Waals surface area contributed by atoms with Crippen LogP contribution in [0.4, 0.5) is 0 Å². The lowest BCUT2D eigenvalue weighted by atomic mass is 9.86. The SMILES string of the molecule is CC(=O)OCC1S[C@H](OC(C)=O)C(NC(=O)CN=[N+]=[N-])[C@@H](C)[C@@H]1C. The van der Waals surface area contributed by atoms with Gasteiger partial charge in [0.1, 0.15) is 13.2 Å². The minimum absolute atomic E-state index is 0.0360. The van der Waals surface area contributed by atoms with E-state index in [1.54, 1.807) is 0 Å². The first-order chi connectivity index (χ1) is 11.3. The number of hydrogen-bond acceptors (Lipinski definition) is 7. The fourth-order valence-electron chi connectivity index (χ4n) is 2.48. The molecule has 1 amide bonds. The maximum absolute atomic E-state index is 11.9. The normalized spacial score (nSPS) is 29.1. The Morgan fingerprint density at radius 3 is 2.42 bits per heavy atom. The quantitative estimate of drug-likeness (QED) is 0.332. The van der Waals surface area contributed by atoms with Gasteiger partial charge in [0.25, 0.3) is 0 Å². The Labute approximate surface area is 144 Å². The van der Waals surface area contributed by atoms with Crippen LogP contribution in [0, 0.1) is 11.8 Å². The van der Waals surface area contributed by atoms with Crippen LogP contribution >= 0.6 is 11.8 Å². The van der Waals surface area contributed by atoms with Crippen LogP contribution < -0.4 is 5.32 Å². The van der Waals surface area contributed by atoms with Gasteiger partial charge in [-0.1, -0.05) is 19.0 Å². The van der Waals surface area contributed by atoms with Gasteiger partial charge in [0.15, 0.2) is 5.44 Å². The zero-order chi connectivity index (χ0) is 18.3. The van der Waals surface area contributed by atoms with Gasteiger partial charge in [0.05, 0.1) is 6.04 Å². The van der Waals surface area contributed by atoms with Gasteiger partial charge in [-0.2, -0.15) is 0 Å². The molecule has 1 saturated heterocycles. The van der Waals surface area contributed by atoms with Gasteiger partial charge < -0.3 is 14.8 Å². The Morgan fingerprint density at radius 2 is 1.88 bits per heavy atom. The predicted molar refractivity (Wildman–Crippen MR) is 87.8 cm³/mol. The number of nitrogens with zero attached hydrogens (tertiary/aromatic N) is 3. The van der Waals surface area contributed by atoms with Gasteiger partial charge in [-0.3, -0.25) is 14.4 Å². The lowest BCUT2D eigenvalue weighted by Crippen LogP contribution is -2.55. The number of carbonyl (C=O) groups excluding carboxylic acids is 3. The predicted octanol–water partition coefficient (Wildman–Crippen LogP) is 1.62. The molecule has 1 aliphatic heterocycles. The lowest BCUT2D eigenvalue weighted by Gasteiger charge is -2.43. The highest BCUT2D eigenvalue weighted by Crippen LogP contribution is 2.40. The molecule has 1 rings (SSSR count). The summed E-state index contributed by atoms with van der Waals surface area (Å²) in [5, 5.41) is 5.94. The summed E-state index contributed by atoms with van der Waals surface area (Å²) >= 11 is 1.35. The van der Waals surface area contributed by atoms with E-state index in [0.29, 0.717) is 0 Å². The van der Waals surface area contributed by atoms with Crippen LogP contribution in [-0.2, 0) is 23.9 Å². The van der Waals surface area contributed by atoms with Crippen molar-refractivity contribution in [3.63, 3.8) is 0 Å². The zero-order valence-corrected chi connectivity index (χ0v) is 14.9. The molecule has 5 atom stereocenters. The molecule has 134 valence electrons. The number of amides is 1. The fourth-order valence-corrected chi connectivity index (χ4v) is 4.14. The van der Waals surface area contributed by atoms with Crippen molar-refractivity contribution in [2.45, 2.75) is 44.4 Å². The number of nitrogens with one attached hydrogen (secondary N) is 1. The van der Waals surface area contributed by atoms with Crippen molar-refractivity contribution in [3.8, 4) is 0 Å².